The van der Waals surface area contributed by atoms with E-state index in [1.54, 1.807) is 0 Å². The molecular formula is C37H28N2. The molecule has 0 amide bonds. The van der Waals surface area contributed by atoms with Gasteiger partial charge >= 0.3 is 0 Å². The van der Waals surface area contributed by atoms with Gasteiger partial charge in [0.15, 0.2) is 0 Å². The standard InChI is InChI=1S/C37H28N2/c1-37(2)31-14-7-5-13-30(31)36-32(37)15-9-16-33(36)38-26-19-21-29-28-12-6-8-17-34(28)39(35(29)23-26)27-20-18-24-10-3-4-11-25(24)22-27/h3-23,38H,1-2H3. The van der Waals surface area contributed by atoms with Crippen molar-refractivity contribution in [2.45, 2.75) is 19.3 Å². The maximum atomic E-state index is 3.81. The summed E-state index contributed by atoms with van der Waals surface area (Å²) >= 11 is 0. The van der Waals surface area contributed by atoms with Gasteiger partial charge in [-0.3, -0.25) is 0 Å². The molecule has 0 bridgehead atoms. The SMILES string of the molecule is CC1(C)c2ccccc2-c2c(Nc3ccc4c5ccccc5n(-c5ccc6ccccc6c5)c4c3)cccc21. The molecule has 1 N–H and O–H groups in total. The third-order valence-electron chi connectivity index (χ3n) is 8.55. The topological polar surface area (TPSA) is 17.0 Å². The molecule has 39 heavy (non-hydrogen) atoms. The van der Waals surface area contributed by atoms with E-state index in [0.29, 0.717) is 0 Å². The molecule has 0 unspecified atom stereocenters. The molecule has 0 radical (unpaired) electrons. The van der Waals surface area contributed by atoms with Gasteiger partial charge in [0.05, 0.1) is 11.0 Å². The van der Waals surface area contributed by atoms with E-state index in [9.17, 15) is 0 Å². The summed E-state index contributed by atoms with van der Waals surface area (Å²) in [5, 5.41) is 8.84. The number of benzene rings is 6. The largest absolute Gasteiger partial charge is 0.355 e. The third kappa shape index (κ3) is 3.21. The van der Waals surface area contributed by atoms with Crippen molar-refractivity contribution >= 4 is 44.0 Å². The van der Waals surface area contributed by atoms with Crippen molar-refractivity contribution in [2.24, 2.45) is 0 Å². The molecule has 2 heteroatoms. The minimum atomic E-state index is -0.0178. The second-order valence-electron chi connectivity index (χ2n) is 11.1. The first-order valence-corrected chi connectivity index (χ1v) is 13.6. The maximum Gasteiger partial charge on any atom is 0.0561 e. The van der Waals surface area contributed by atoms with Crippen molar-refractivity contribution in [3.8, 4) is 16.8 Å². The van der Waals surface area contributed by atoms with Crippen molar-refractivity contribution < 1.29 is 0 Å². The van der Waals surface area contributed by atoms with Crippen molar-refractivity contribution in [3.63, 3.8) is 0 Å². The van der Waals surface area contributed by atoms with Crippen molar-refractivity contribution in [3.05, 3.63) is 139 Å². The van der Waals surface area contributed by atoms with Crippen LogP contribution in [-0.2, 0) is 5.41 Å². The van der Waals surface area contributed by atoms with Gasteiger partial charge in [0.2, 0.25) is 0 Å². The summed E-state index contributed by atoms with van der Waals surface area (Å²) in [4.78, 5) is 0. The van der Waals surface area contributed by atoms with Gasteiger partial charge < -0.3 is 9.88 Å². The van der Waals surface area contributed by atoms with Crippen LogP contribution in [0.1, 0.15) is 25.0 Å². The van der Waals surface area contributed by atoms with Crippen molar-refractivity contribution in [1.29, 1.82) is 0 Å². The van der Waals surface area contributed by atoms with Gasteiger partial charge in [0.25, 0.3) is 0 Å². The lowest BCUT2D eigenvalue weighted by Crippen LogP contribution is -2.14. The van der Waals surface area contributed by atoms with E-state index in [4.69, 9.17) is 0 Å². The van der Waals surface area contributed by atoms with E-state index in [1.165, 1.54) is 60.5 Å². The van der Waals surface area contributed by atoms with Crippen LogP contribution >= 0.6 is 0 Å². The van der Waals surface area contributed by atoms with E-state index in [2.05, 4.69) is 151 Å². The zero-order valence-electron chi connectivity index (χ0n) is 22.1. The van der Waals surface area contributed by atoms with Gasteiger partial charge in [0.1, 0.15) is 0 Å². The Morgan fingerprint density at radius 1 is 0.564 bits per heavy atom. The molecule has 2 nitrogen and oxygen atoms in total. The van der Waals surface area contributed by atoms with Gasteiger partial charge in [0, 0.05) is 38.8 Å². The quantitative estimate of drug-likeness (QED) is 0.255. The number of nitrogens with zero attached hydrogens (tertiary/aromatic N) is 1. The van der Waals surface area contributed by atoms with Crippen LogP contribution in [-0.4, -0.2) is 4.57 Å². The van der Waals surface area contributed by atoms with Crippen LogP contribution in [0.5, 0.6) is 0 Å². The van der Waals surface area contributed by atoms with E-state index in [1.807, 2.05) is 0 Å². The molecule has 1 heterocycles. The van der Waals surface area contributed by atoms with Crippen LogP contribution < -0.4 is 5.32 Å². The summed E-state index contributed by atoms with van der Waals surface area (Å²) in [6.07, 6.45) is 0. The minimum absolute atomic E-state index is 0.0178. The number of para-hydroxylation sites is 1. The normalized spacial score (nSPS) is 13.6. The van der Waals surface area contributed by atoms with Crippen LogP contribution in [0.25, 0.3) is 49.4 Å². The Kier molecular flexibility index (Phi) is 4.60. The molecule has 186 valence electrons. The first-order chi connectivity index (χ1) is 19.1. The predicted molar refractivity (Wildman–Crippen MR) is 166 cm³/mol. The lowest BCUT2D eigenvalue weighted by molar-refractivity contribution is 0.660. The predicted octanol–water partition coefficient (Wildman–Crippen LogP) is 9.99. The Balaban J connectivity index is 1.32. The van der Waals surface area contributed by atoms with Crippen molar-refractivity contribution in [2.75, 3.05) is 5.32 Å². The average molecular weight is 501 g/mol. The molecule has 1 aliphatic rings. The molecule has 0 fully saturated rings. The summed E-state index contributed by atoms with van der Waals surface area (Å²) in [6.45, 7) is 4.66. The van der Waals surface area contributed by atoms with Crippen molar-refractivity contribution in [1.82, 2.24) is 4.57 Å². The molecule has 0 saturated heterocycles. The molecule has 6 aromatic carbocycles. The van der Waals surface area contributed by atoms with Crippen LogP contribution in [0, 0.1) is 0 Å². The Labute approximate surface area is 228 Å². The first kappa shape index (κ1) is 22.2. The highest BCUT2D eigenvalue weighted by molar-refractivity contribution is 6.10. The minimum Gasteiger partial charge on any atom is -0.355 e. The Bertz CT molecular complexity index is 2080. The number of hydrogen-bond donors (Lipinski definition) is 1. The summed E-state index contributed by atoms with van der Waals surface area (Å²) in [7, 11) is 0. The van der Waals surface area contributed by atoms with Gasteiger partial charge in [-0.1, -0.05) is 105 Å². The lowest BCUT2D eigenvalue weighted by Gasteiger charge is -2.21. The van der Waals surface area contributed by atoms with Gasteiger partial charge in [-0.05, 0) is 63.9 Å². The molecular weight excluding hydrogens is 472 g/mol. The zero-order valence-corrected chi connectivity index (χ0v) is 22.1. The second-order valence-corrected chi connectivity index (χ2v) is 11.1. The van der Waals surface area contributed by atoms with Gasteiger partial charge in [-0.15, -0.1) is 0 Å². The Hall–Kier alpha value is -4.82. The van der Waals surface area contributed by atoms with Gasteiger partial charge in [-0.2, -0.15) is 0 Å². The van der Waals surface area contributed by atoms with Crippen LogP contribution in [0.15, 0.2) is 127 Å². The molecule has 1 aliphatic carbocycles. The van der Waals surface area contributed by atoms with Gasteiger partial charge in [-0.25, -0.2) is 0 Å². The fraction of sp³-hybridized carbons (Fsp3) is 0.0811. The van der Waals surface area contributed by atoms with Crippen LogP contribution in [0.2, 0.25) is 0 Å². The molecule has 0 atom stereocenters. The number of rotatable bonds is 3. The highest BCUT2D eigenvalue weighted by atomic mass is 15.0. The molecule has 7 aromatic rings. The average Bonchev–Trinajstić information content (AvgIpc) is 3.42. The van der Waals surface area contributed by atoms with Crippen LogP contribution in [0.3, 0.4) is 0 Å². The third-order valence-corrected chi connectivity index (χ3v) is 8.55. The van der Waals surface area contributed by atoms with E-state index < -0.39 is 0 Å². The highest BCUT2D eigenvalue weighted by Crippen LogP contribution is 2.51. The van der Waals surface area contributed by atoms with E-state index in [-0.39, 0.29) is 5.41 Å². The Morgan fingerprint density at radius 2 is 1.31 bits per heavy atom. The zero-order chi connectivity index (χ0) is 26.1. The summed E-state index contributed by atoms with van der Waals surface area (Å²) in [5.74, 6) is 0. The fourth-order valence-electron chi connectivity index (χ4n) is 6.66. The number of nitrogens with one attached hydrogen (secondary N) is 1. The summed E-state index contributed by atoms with van der Waals surface area (Å²) in [5.41, 5.74) is 11.2. The molecule has 0 spiro atoms. The fourth-order valence-corrected chi connectivity index (χ4v) is 6.66. The number of hydrogen-bond acceptors (Lipinski definition) is 1. The second kappa shape index (κ2) is 8.09. The Morgan fingerprint density at radius 3 is 2.23 bits per heavy atom. The maximum absolute atomic E-state index is 3.81. The number of anilines is 2. The molecule has 1 aromatic heterocycles. The monoisotopic (exact) mass is 500 g/mol. The summed E-state index contributed by atoms with van der Waals surface area (Å²) in [6, 6.07) is 46.3. The lowest BCUT2D eigenvalue weighted by atomic mass is 9.82. The van der Waals surface area contributed by atoms with Crippen LogP contribution in [0.4, 0.5) is 11.4 Å². The highest BCUT2D eigenvalue weighted by Gasteiger charge is 2.36. The summed E-state index contributed by atoms with van der Waals surface area (Å²) < 4.78 is 2.40. The van der Waals surface area contributed by atoms with E-state index >= 15 is 0 Å². The number of fused-ring (bicyclic) bond motifs is 7. The molecule has 0 aliphatic heterocycles. The number of aromatic nitrogens is 1. The first-order valence-electron chi connectivity index (χ1n) is 13.6. The molecule has 0 saturated carbocycles. The van der Waals surface area contributed by atoms with E-state index in [0.717, 1.165) is 11.4 Å². The molecule has 8 rings (SSSR count). The smallest absolute Gasteiger partial charge is 0.0561 e.